The molecule has 9 nitrogen and oxygen atoms in total. The summed E-state index contributed by atoms with van der Waals surface area (Å²) in [6, 6.07) is 27.2. The maximum Gasteiger partial charge on any atom is 0.252 e. The zero-order chi connectivity index (χ0) is 28.9. The molecule has 0 aliphatic rings. The van der Waals surface area contributed by atoms with E-state index >= 15 is 0 Å². The Bertz CT molecular complexity index is 1800. The van der Waals surface area contributed by atoms with Crippen LogP contribution >= 0.6 is 22.7 Å². The van der Waals surface area contributed by atoms with E-state index in [-0.39, 0.29) is 24.9 Å². The molecule has 42 heavy (non-hydrogen) atoms. The van der Waals surface area contributed by atoms with Gasteiger partial charge in [-0.25, -0.2) is 9.67 Å². The van der Waals surface area contributed by atoms with Gasteiger partial charge in [-0.2, -0.15) is 0 Å². The van der Waals surface area contributed by atoms with Crippen LogP contribution in [0.25, 0.3) is 22.3 Å². The molecule has 0 saturated heterocycles. The number of carbonyl (C=O) groups is 2. The van der Waals surface area contributed by atoms with Gasteiger partial charge in [0.15, 0.2) is 0 Å². The molecule has 0 bridgehead atoms. The Morgan fingerprint density at radius 2 is 1.74 bits per heavy atom. The highest BCUT2D eigenvalue weighted by Crippen LogP contribution is 2.31. The fourth-order valence-electron chi connectivity index (χ4n) is 4.60. The van der Waals surface area contributed by atoms with Crippen LogP contribution in [-0.4, -0.2) is 43.8 Å². The van der Waals surface area contributed by atoms with Crippen molar-refractivity contribution in [3.05, 3.63) is 112 Å². The normalized spacial score (nSPS) is 11.7. The van der Waals surface area contributed by atoms with Crippen LogP contribution in [0.5, 0.6) is 5.75 Å². The molecule has 1 N–H and O–H groups in total. The number of ether oxygens (including phenoxy) is 1. The minimum absolute atomic E-state index is 0.0882. The number of para-hydroxylation sites is 1. The number of benzene rings is 3. The Morgan fingerprint density at radius 3 is 2.50 bits per heavy atom. The van der Waals surface area contributed by atoms with Gasteiger partial charge in [-0.15, -0.1) is 27.8 Å². The first-order valence-corrected chi connectivity index (χ1v) is 14.9. The first-order valence-electron chi connectivity index (χ1n) is 13.1. The van der Waals surface area contributed by atoms with Crippen molar-refractivity contribution in [2.24, 2.45) is 0 Å². The van der Waals surface area contributed by atoms with Gasteiger partial charge in [-0.3, -0.25) is 9.59 Å². The van der Waals surface area contributed by atoms with Gasteiger partial charge in [-0.1, -0.05) is 53.7 Å². The van der Waals surface area contributed by atoms with Crippen molar-refractivity contribution >= 4 is 51.2 Å². The van der Waals surface area contributed by atoms with Crippen molar-refractivity contribution in [2.75, 3.05) is 12.4 Å². The third-order valence-electron chi connectivity index (χ3n) is 6.68. The highest BCUT2D eigenvalue weighted by atomic mass is 32.1. The number of thiazole rings is 1. The highest BCUT2D eigenvalue weighted by Gasteiger charge is 2.33. The number of nitrogens with zero attached hydrogens (tertiary/aromatic N) is 5. The van der Waals surface area contributed by atoms with E-state index in [2.05, 4.69) is 15.6 Å². The summed E-state index contributed by atoms with van der Waals surface area (Å²) in [5.41, 5.74) is 3.83. The van der Waals surface area contributed by atoms with E-state index in [0.717, 1.165) is 21.7 Å². The third kappa shape index (κ3) is 5.92. The summed E-state index contributed by atoms with van der Waals surface area (Å²) in [6.45, 7) is 0.0523. The first kappa shape index (κ1) is 27.3. The number of hydrogen-bond donors (Lipinski definition) is 1. The molecule has 11 heteroatoms. The average Bonchev–Trinajstić information content (AvgIpc) is 3.80. The number of hydrogen-bond acceptors (Lipinski definition) is 8. The summed E-state index contributed by atoms with van der Waals surface area (Å²) >= 11 is 2.87. The number of thiophene rings is 1. The van der Waals surface area contributed by atoms with E-state index in [1.807, 2.05) is 77.5 Å². The molecule has 3 aromatic carbocycles. The van der Waals surface area contributed by atoms with Crippen molar-refractivity contribution in [3.8, 4) is 17.0 Å². The second-order valence-corrected chi connectivity index (χ2v) is 11.3. The summed E-state index contributed by atoms with van der Waals surface area (Å²) in [7, 11) is 1.59. The number of amides is 2. The monoisotopic (exact) mass is 594 g/mol. The average molecular weight is 595 g/mol. The second-order valence-electron chi connectivity index (χ2n) is 9.39. The Kier molecular flexibility index (Phi) is 8.02. The molecular formula is C31H26N6O3S2. The summed E-state index contributed by atoms with van der Waals surface area (Å²) < 4.78 is 6.81. The van der Waals surface area contributed by atoms with Crippen molar-refractivity contribution in [2.45, 2.75) is 19.1 Å². The minimum atomic E-state index is -0.904. The van der Waals surface area contributed by atoms with Crippen molar-refractivity contribution < 1.29 is 14.3 Å². The Hall–Kier alpha value is -4.87. The van der Waals surface area contributed by atoms with Gasteiger partial charge in [0.2, 0.25) is 5.91 Å². The maximum atomic E-state index is 14.1. The molecule has 0 aliphatic heterocycles. The number of aromatic nitrogens is 4. The number of rotatable bonds is 10. The molecule has 0 saturated carbocycles. The van der Waals surface area contributed by atoms with E-state index in [9.17, 15) is 9.59 Å². The summed E-state index contributed by atoms with van der Waals surface area (Å²) in [4.78, 5) is 35.2. The largest absolute Gasteiger partial charge is 0.497 e. The topological polar surface area (TPSA) is 102 Å². The molecule has 0 radical (unpaired) electrons. The smallest absolute Gasteiger partial charge is 0.252 e. The number of fused-ring (bicyclic) bond motifs is 1. The molecule has 2 amide bonds. The summed E-state index contributed by atoms with van der Waals surface area (Å²) in [6.07, 6.45) is 0. The van der Waals surface area contributed by atoms with Crippen molar-refractivity contribution in [1.29, 1.82) is 0 Å². The maximum absolute atomic E-state index is 14.1. The second kappa shape index (κ2) is 12.3. The van der Waals surface area contributed by atoms with E-state index in [0.29, 0.717) is 22.0 Å². The lowest BCUT2D eigenvalue weighted by atomic mass is 10.1. The number of nitrogens with one attached hydrogen (secondary N) is 1. The zero-order valence-electron chi connectivity index (χ0n) is 22.6. The van der Waals surface area contributed by atoms with Gasteiger partial charge in [0.25, 0.3) is 5.91 Å². The van der Waals surface area contributed by atoms with Crippen LogP contribution in [0, 0.1) is 0 Å². The number of anilines is 1. The van der Waals surface area contributed by atoms with Crippen LogP contribution in [0.2, 0.25) is 0 Å². The van der Waals surface area contributed by atoms with Crippen LogP contribution in [0.3, 0.4) is 0 Å². The van der Waals surface area contributed by atoms with Gasteiger partial charge in [0.05, 0.1) is 24.9 Å². The molecule has 0 fully saturated rings. The summed E-state index contributed by atoms with van der Waals surface area (Å²) in [5.74, 6) is 0.0577. The fraction of sp³-hybridized carbons (Fsp3) is 0.129. The molecule has 0 unspecified atom stereocenters. The van der Waals surface area contributed by atoms with Gasteiger partial charge in [-0.05, 0) is 47.8 Å². The molecular weight excluding hydrogens is 569 g/mol. The van der Waals surface area contributed by atoms with Crippen LogP contribution in [0.4, 0.5) is 5.69 Å². The SMILES string of the molecule is COc1ccc(NC(=O)[C@@H](c2cccs2)N(Cc2nc(-c3ccccc3)cs2)C(=O)Cn2nnc3ccccc32)cc1. The fourth-order valence-corrected chi connectivity index (χ4v) is 6.24. The van der Waals surface area contributed by atoms with E-state index in [1.54, 1.807) is 41.0 Å². The molecule has 3 aromatic heterocycles. The van der Waals surface area contributed by atoms with Crippen LogP contribution < -0.4 is 10.1 Å². The standard InChI is InChI=1S/C31H26N6O3S2/c1-40-23-15-13-22(14-16-23)32-31(39)30(27-12-7-17-41-27)36(18-28-33-25(20-42-28)21-8-3-2-4-9-21)29(38)19-37-26-11-6-5-10-24(26)34-35-37/h2-17,20,30H,18-19H2,1H3,(H,32,39)/t30-/m1/s1. The van der Waals surface area contributed by atoms with Crippen molar-refractivity contribution in [3.63, 3.8) is 0 Å². The van der Waals surface area contributed by atoms with Crippen LogP contribution in [0.15, 0.2) is 102 Å². The van der Waals surface area contributed by atoms with Gasteiger partial charge < -0.3 is 15.0 Å². The zero-order valence-corrected chi connectivity index (χ0v) is 24.2. The quantitative estimate of drug-likeness (QED) is 0.208. The summed E-state index contributed by atoms with van der Waals surface area (Å²) in [5, 5.41) is 16.0. The van der Waals surface area contributed by atoms with E-state index in [1.165, 1.54) is 22.7 Å². The highest BCUT2D eigenvalue weighted by molar-refractivity contribution is 7.10. The molecule has 1 atom stereocenters. The Balaban J connectivity index is 1.35. The van der Waals surface area contributed by atoms with Gasteiger partial charge in [0, 0.05) is 21.5 Å². The molecule has 3 heterocycles. The third-order valence-corrected chi connectivity index (χ3v) is 8.44. The van der Waals surface area contributed by atoms with Gasteiger partial charge >= 0.3 is 0 Å². The Morgan fingerprint density at radius 1 is 0.952 bits per heavy atom. The van der Waals surface area contributed by atoms with Crippen LogP contribution in [0.1, 0.15) is 15.9 Å². The molecule has 0 aliphatic carbocycles. The molecule has 6 rings (SSSR count). The van der Waals surface area contributed by atoms with E-state index in [4.69, 9.17) is 9.72 Å². The lowest BCUT2D eigenvalue weighted by Gasteiger charge is -2.30. The molecule has 210 valence electrons. The minimum Gasteiger partial charge on any atom is -0.497 e. The number of methoxy groups -OCH3 is 1. The Labute approximate surface area is 250 Å². The molecule has 0 spiro atoms. The van der Waals surface area contributed by atoms with Crippen molar-refractivity contribution in [1.82, 2.24) is 24.9 Å². The first-order chi connectivity index (χ1) is 20.6. The lowest BCUT2D eigenvalue weighted by molar-refractivity contribution is -0.140. The number of carbonyl (C=O) groups excluding carboxylic acids is 2. The predicted octanol–water partition coefficient (Wildman–Crippen LogP) is 6.03. The van der Waals surface area contributed by atoms with Crippen LogP contribution in [-0.2, 0) is 22.7 Å². The van der Waals surface area contributed by atoms with Gasteiger partial charge in [0.1, 0.15) is 28.9 Å². The molecule has 6 aromatic rings. The van der Waals surface area contributed by atoms with E-state index < -0.39 is 6.04 Å². The predicted molar refractivity (Wildman–Crippen MR) is 164 cm³/mol. The lowest BCUT2D eigenvalue weighted by Crippen LogP contribution is -2.42.